The molecule has 3 N–H and O–H groups in total. The predicted octanol–water partition coefficient (Wildman–Crippen LogP) is 2.21. The Hall–Kier alpha value is -1.51. The lowest BCUT2D eigenvalue weighted by atomic mass is 10.3. The highest BCUT2D eigenvalue weighted by Crippen LogP contribution is 2.21. The molecule has 0 aliphatic carbocycles. The minimum Gasteiger partial charge on any atom is -0.399 e. The van der Waals surface area contributed by atoms with Gasteiger partial charge in [0.05, 0.1) is 10.9 Å². The van der Waals surface area contributed by atoms with E-state index in [9.17, 15) is 12.8 Å². The summed E-state index contributed by atoms with van der Waals surface area (Å²) in [5.74, 6) is -0.692. The second-order valence-electron chi connectivity index (χ2n) is 4.39. The third-order valence-electron chi connectivity index (χ3n) is 2.54. The topological polar surface area (TPSA) is 85.1 Å². The highest BCUT2D eigenvalue weighted by molar-refractivity contribution is 7.89. The Morgan fingerprint density at radius 2 is 2.10 bits per heavy atom. The molecule has 1 heterocycles. The lowest BCUT2D eigenvalue weighted by Gasteiger charge is -2.12. The van der Waals surface area contributed by atoms with Gasteiger partial charge >= 0.3 is 0 Å². The first-order valence-corrected chi connectivity index (χ1v) is 8.14. The number of hydrogen-bond acceptors (Lipinski definition) is 5. The SMILES string of the molecule is Cc1csc(C(C)NS(=O)(=O)c2cc(N)cc(F)c2)n1. The summed E-state index contributed by atoms with van der Waals surface area (Å²) in [7, 11) is -3.85. The van der Waals surface area contributed by atoms with Crippen molar-refractivity contribution in [3.05, 3.63) is 40.1 Å². The van der Waals surface area contributed by atoms with E-state index in [1.165, 1.54) is 17.4 Å². The number of nitrogens with zero attached hydrogens (tertiary/aromatic N) is 1. The molecule has 2 rings (SSSR count). The first-order chi connectivity index (χ1) is 9.28. The van der Waals surface area contributed by atoms with E-state index in [1.54, 1.807) is 6.92 Å². The molecule has 0 spiro atoms. The van der Waals surface area contributed by atoms with E-state index in [0.717, 1.165) is 17.8 Å². The molecular formula is C12H14FN3O2S2. The highest BCUT2D eigenvalue weighted by Gasteiger charge is 2.21. The number of nitrogen functional groups attached to an aromatic ring is 1. The fourth-order valence-electron chi connectivity index (χ4n) is 1.66. The maximum atomic E-state index is 13.2. The number of sulfonamides is 1. The van der Waals surface area contributed by atoms with Gasteiger partial charge in [-0.3, -0.25) is 0 Å². The molecule has 1 aromatic heterocycles. The monoisotopic (exact) mass is 315 g/mol. The molecule has 20 heavy (non-hydrogen) atoms. The lowest BCUT2D eigenvalue weighted by molar-refractivity contribution is 0.563. The van der Waals surface area contributed by atoms with Crippen LogP contribution in [0.5, 0.6) is 0 Å². The number of nitrogens with two attached hydrogens (primary N) is 1. The summed E-state index contributed by atoms with van der Waals surface area (Å²) in [6.07, 6.45) is 0. The van der Waals surface area contributed by atoms with E-state index >= 15 is 0 Å². The van der Waals surface area contributed by atoms with Crippen molar-refractivity contribution in [2.24, 2.45) is 0 Å². The minimum absolute atomic E-state index is 0.0584. The zero-order valence-corrected chi connectivity index (χ0v) is 12.6. The van der Waals surface area contributed by atoms with Crippen LogP contribution in [0.25, 0.3) is 0 Å². The second kappa shape index (κ2) is 5.47. The van der Waals surface area contributed by atoms with Gasteiger partial charge in [0.1, 0.15) is 10.8 Å². The number of aryl methyl sites for hydroxylation is 1. The molecule has 5 nitrogen and oxygen atoms in total. The summed E-state index contributed by atoms with van der Waals surface area (Å²) in [4.78, 5) is 4.02. The van der Waals surface area contributed by atoms with E-state index in [2.05, 4.69) is 9.71 Å². The van der Waals surface area contributed by atoms with Crippen LogP contribution in [0.4, 0.5) is 10.1 Å². The average Bonchev–Trinajstić information content (AvgIpc) is 2.74. The Labute approximate surface area is 120 Å². The molecule has 0 radical (unpaired) electrons. The molecule has 0 amide bonds. The van der Waals surface area contributed by atoms with Crippen molar-refractivity contribution >= 4 is 27.0 Å². The first-order valence-electron chi connectivity index (χ1n) is 5.78. The standard InChI is InChI=1S/C12H14FN3O2S2/c1-7-6-19-12(15-7)8(2)16-20(17,18)11-4-9(13)3-10(14)5-11/h3-6,8,16H,14H2,1-2H3. The van der Waals surface area contributed by atoms with E-state index in [4.69, 9.17) is 5.73 Å². The maximum absolute atomic E-state index is 13.2. The van der Waals surface area contributed by atoms with E-state index in [1.807, 2.05) is 12.3 Å². The second-order valence-corrected chi connectivity index (χ2v) is 6.99. The normalized spacial score (nSPS) is 13.3. The highest BCUT2D eigenvalue weighted by atomic mass is 32.2. The summed E-state index contributed by atoms with van der Waals surface area (Å²) < 4.78 is 40.0. The van der Waals surface area contributed by atoms with E-state index < -0.39 is 21.9 Å². The molecule has 0 aliphatic rings. The number of thiazole rings is 1. The van der Waals surface area contributed by atoms with Crippen LogP contribution >= 0.6 is 11.3 Å². The molecule has 0 bridgehead atoms. The largest absolute Gasteiger partial charge is 0.399 e. The Balaban J connectivity index is 2.27. The van der Waals surface area contributed by atoms with Crippen molar-refractivity contribution in [2.45, 2.75) is 24.8 Å². The van der Waals surface area contributed by atoms with Crippen molar-refractivity contribution < 1.29 is 12.8 Å². The van der Waals surface area contributed by atoms with Crippen LogP contribution in [0.1, 0.15) is 23.7 Å². The quantitative estimate of drug-likeness (QED) is 0.847. The average molecular weight is 315 g/mol. The van der Waals surface area contributed by atoms with Crippen molar-refractivity contribution in [1.82, 2.24) is 9.71 Å². The van der Waals surface area contributed by atoms with E-state index in [0.29, 0.717) is 5.01 Å². The van der Waals surface area contributed by atoms with Crippen molar-refractivity contribution in [3.63, 3.8) is 0 Å². The molecule has 1 unspecified atom stereocenters. The fourth-order valence-corrected chi connectivity index (χ4v) is 3.81. The third kappa shape index (κ3) is 3.33. The van der Waals surface area contributed by atoms with Crippen LogP contribution in [0.3, 0.4) is 0 Å². The lowest BCUT2D eigenvalue weighted by Crippen LogP contribution is -2.27. The van der Waals surface area contributed by atoms with Crippen molar-refractivity contribution in [1.29, 1.82) is 0 Å². The molecule has 0 saturated carbocycles. The van der Waals surface area contributed by atoms with Crippen LogP contribution in [0.2, 0.25) is 0 Å². The number of aromatic nitrogens is 1. The summed E-state index contributed by atoms with van der Waals surface area (Å²) in [6.45, 7) is 3.51. The Morgan fingerprint density at radius 1 is 1.40 bits per heavy atom. The van der Waals surface area contributed by atoms with Crippen LogP contribution in [0, 0.1) is 12.7 Å². The van der Waals surface area contributed by atoms with Gasteiger partial charge in [0.25, 0.3) is 0 Å². The minimum atomic E-state index is -3.85. The van der Waals surface area contributed by atoms with Crippen LogP contribution in [0.15, 0.2) is 28.5 Å². The Morgan fingerprint density at radius 3 is 2.65 bits per heavy atom. The molecule has 2 aromatic rings. The summed E-state index contributed by atoms with van der Waals surface area (Å²) >= 11 is 1.36. The van der Waals surface area contributed by atoms with Gasteiger partial charge < -0.3 is 5.73 Å². The summed E-state index contributed by atoms with van der Waals surface area (Å²) in [5.41, 5.74) is 6.34. The molecule has 8 heteroatoms. The molecule has 0 fully saturated rings. The number of nitrogens with one attached hydrogen (secondary N) is 1. The van der Waals surface area contributed by atoms with Gasteiger partial charge in [0.2, 0.25) is 10.0 Å². The number of benzene rings is 1. The molecular weight excluding hydrogens is 301 g/mol. The summed E-state index contributed by atoms with van der Waals surface area (Å²) in [6, 6.07) is 2.71. The zero-order valence-electron chi connectivity index (χ0n) is 10.9. The van der Waals surface area contributed by atoms with Gasteiger partial charge in [-0.2, -0.15) is 0 Å². The van der Waals surface area contributed by atoms with Crippen LogP contribution in [-0.4, -0.2) is 13.4 Å². The van der Waals surface area contributed by atoms with Gasteiger partial charge in [-0.25, -0.2) is 22.5 Å². The predicted molar refractivity (Wildman–Crippen MR) is 76.4 cm³/mol. The number of anilines is 1. The van der Waals surface area contributed by atoms with Gasteiger partial charge in [-0.15, -0.1) is 11.3 Å². The first kappa shape index (κ1) is 14.9. The Kier molecular flexibility index (Phi) is 4.07. The van der Waals surface area contributed by atoms with Crippen LogP contribution < -0.4 is 10.5 Å². The molecule has 1 aromatic carbocycles. The van der Waals surface area contributed by atoms with Gasteiger partial charge in [-0.1, -0.05) is 0 Å². The maximum Gasteiger partial charge on any atom is 0.241 e. The van der Waals surface area contributed by atoms with Gasteiger partial charge in [-0.05, 0) is 32.0 Å². The number of rotatable bonds is 4. The van der Waals surface area contributed by atoms with Crippen molar-refractivity contribution in [3.8, 4) is 0 Å². The molecule has 108 valence electrons. The molecule has 0 aliphatic heterocycles. The smallest absolute Gasteiger partial charge is 0.241 e. The Bertz CT molecular complexity index is 708. The molecule has 0 saturated heterocycles. The third-order valence-corrected chi connectivity index (χ3v) is 5.21. The van der Waals surface area contributed by atoms with E-state index in [-0.39, 0.29) is 10.6 Å². The zero-order chi connectivity index (χ0) is 14.9. The number of hydrogen-bond donors (Lipinski definition) is 2. The molecule has 1 atom stereocenters. The number of halogens is 1. The van der Waals surface area contributed by atoms with Gasteiger partial charge in [0.15, 0.2) is 0 Å². The fraction of sp³-hybridized carbons (Fsp3) is 0.250. The summed E-state index contributed by atoms with van der Waals surface area (Å²) in [5, 5.41) is 2.48. The van der Waals surface area contributed by atoms with Gasteiger partial charge in [0, 0.05) is 16.8 Å². The van der Waals surface area contributed by atoms with Crippen molar-refractivity contribution in [2.75, 3.05) is 5.73 Å². The van der Waals surface area contributed by atoms with Crippen LogP contribution in [-0.2, 0) is 10.0 Å².